The molecule has 2 aliphatic heterocycles. The molecule has 3 N–H and O–H groups in total. The van der Waals surface area contributed by atoms with Crippen molar-refractivity contribution in [3.8, 4) is 5.75 Å². The molecule has 1 aliphatic carbocycles. The summed E-state index contributed by atoms with van der Waals surface area (Å²) in [6.45, 7) is 0.754. The van der Waals surface area contributed by atoms with Crippen molar-refractivity contribution >= 4 is 39.7 Å². The summed E-state index contributed by atoms with van der Waals surface area (Å²) in [6.07, 6.45) is 6.29. The number of piperidine rings is 2. The molecule has 1 saturated carbocycles. The minimum Gasteiger partial charge on any atom is -0.503 e. The molecule has 2 atom stereocenters. The molecule has 3 fully saturated rings. The Bertz CT molecular complexity index is 2520. The smallest absolute Gasteiger partial charge is 0.329 e. The third-order valence-corrected chi connectivity index (χ3v) is 12.4. The van der Waals surface area contributed by atoms with E-state index < -0.39 is 58.5 Å². The minimum atomic E-state index is -2.91. The van der Waals surface area contributed by atoms with Crippen molar-refractivity contribution in [1.29, 1.82) is 0 Å². The largest absolute Gasteiger partial charge is 0.503 e. The van der Waals surface area contributed by atoms with Crippen LogP contribution in [0.1, 0.15) is 78.5 Å². The van der Waals surface area contributed by atoms with Crippen LogP contribution in [0, 0.1) is 29.3 Å². The summed E-state index contributed by atoms with van der Waals surface area (Å²) in [6, 6.07) is 10.9. The van der Waals surface area contributed by atoms with Crippen LogP contribution in [0.3, 0.4) is 0 Å². The highest BCUT2D eigenvalue weighted by Gasteiger charge is 2.44. The number of aromatic nitrogens is 4. The molecule has 17 heteroatoms. The van der Waals surface area contributed by atoms with Gasteiger partial charge in [0.05, 0.1) is 34.7 Å². The van der Waals surface area contributed by atoms with Crippen LogP contribution in [-0.2, 0) is 29.5 Å². The number of alkyl halides is 2. The quantitative estimate of drug-likeness (QED) is 0.0934. The molecule has 0 radical (unpaired) electrons. The molecule has 0 unspecified atom stereocenters. The van der Waals surface area contributed by atoms with Crippen LogP contribution >= 0.6 is 0 Å². The normalized spacial score (nSPS) is 22.5. The number of fused-ring (bicyclic) bond motifs is 2. The van der Waals surface area contributed by atoms with Gasteiger partial charge in [-0.2, -0.15) is 9.49 Å². The first kappa shape index (κ1) is 40.2. The number of carbonyl (C=O) groups is 3. The molecule has 12 nitrogen and oxygen atoms in total. The SMILES string of the molecule is Cn1c(=O)n([C@@H]2CCC(=O)NC2=O)c2ccc(CCN3CC[C@@H](Cc4ccc5cn(C6CCC(CNC(=O)c7cc(F)c(O)c(F)c7F)CC6)nc5c4)C(F)(F)C3)cc21. The van der Waals surface area contributed by atoms with E-state index in [1.807, 2.05) is 41.2 Å². The van der Waals surface area contributed by atoms with Crippen molar-refractivity contribution in [3.05, 3.63) is 93.3 Å². The number of benzene rings is 3. The first-order valence-electron chi connectivity index (χ1n) is 19.9. The second kappa shape index (κ2) is 15.9. The summed E-state index contributed by atoms with van der Waals surface area (Å²) >= 11 is 0. The van der Waals surface area contributed by atoms with Crippen molar-refractivity contribution in [2.45, 2.75) is 75.8 Å². The van der Waals surface area contributed by atoms with Crippen molar-refractivity contribution in [2.24, 2.45) is 18.9 Å². The van der Waals surface area contributed by atoms with Crippen LogP contribution in [0.25, 0.3) is 21.9 Å². The highest BCUT2D eigenvalue weighted by atomic mass is 19.3. The fourth-order valence-corrected chi connectivity index (χ4v) is 8.96. The number of hydrogen-bond acceptors (Lipinski definition) is 7. The molecule has 3 aliphatic rings. The number of nitrogens with one attached hydrogen (secondary N) is 2. The van der Waals surface area contributed by atoms with Gasteiger partial charge in [-0.25, -0.2) is 22.4 Å². The number of phenols is 1. The Morgan fingerprint density at radius 1 is 0.949 bits per heavy atom. The van der Waals surface area contributed by atoms with Crippen LogP contribution in [0.2, 0.25) is 0 Å². The van der Waals surface area contributed by atoms with Gasteiger partial charge in [0.2, 0.25) is 17.6 Å². The van der Waals surface area contributed by atoms with Crippen LogP contribution in [0.5, 0.6) is 5.75 Å². The fourth-order valence-electron chi connectivity index (χ4n) is 8.96. The maximum absolute atomic E-state index is 15.7. The number of aromatic hydroxyl groups is 1. The van der Waals surface area contributed by atoms with Crippen LogP contribution in [0.15, 0.2) is 53.5 Å². The average Bonchev–Trinajstić information content (AvgIpc) is 3.75. The maximum atomic E-state index is 15.7. The number of phenolic OH excluding ortho intramolecular Hbond substituents is 1. The molecule has 3 amide bonds. The van der Waals surface area contributed by atoms with Gasteiger partial charge in [-0.15, -0.1) is 0 Å². The van der Waals surface area contributed by atoms with E-state index in [1.165, 1.54) is 9.13 Å². The predicted octanol–water partition coefficient (Wildman–Crippen LogP) is 5.69. The molecule has 0 bridgehead atoms. The lowest BCUT2D eigenvalue weighted by molar-refractivity contribution is -0.135. The first-order valence-corrected chi connectivity index (χ1v) is 19.9. The molecular weight excluding hydrogens is 777 g/mol. The summed E-state index contributed by atoms with van der Waals surface area (Å²) < 4.78 is 77.7. The molecule has 2 aromatic heterocycles. The highest BCUT2D eigenvalue weighted by Crippen LogP contribution is 2.37. The lowest BCUT2D eigenvalue weighted by Gasteiger charge is -2.38. The summed E-state index contributed by atoms with van der Waals surface area (Å²) in [7, 11) is 1.62. The molecule has 2 saturated heterocycles. The molecule has 5 aromatic rings. The summed E-state index contributed by atoms with van der Waals surface area (Å²) in [4.78, 5) is 51.5. The number of carbonyl (C=O) groups excluding carboxylic acids is 3. The molecule has 3 aromatic carbocycles. The third-order valence-electron chi connectivity index (χ3n) is 12.4. The van der Waals surface area contributed by atoms with Crippen molar-refractivity contribution < 1.29 is 41.4 Å². The van der Waals surface area contributed by atoms with E-state index in [0.29, 0.717) is 43.0 Å². The lowest BCUT2D eigenvalue weighted by atomic mass is 9.86. The van der Waals surface area contributed by atoms with Crippen LogP contribution in [0.4, 0.5) is 22.0 Å². The molecule has 59 heavy (non-hydrogen) atoms. The summed E-state index contributed by atoms with van der Waals surface area (Å²) in [5.41, 5.74) is 2.40. The number of hydrogen-bond donors (Lipinski definition) is 3. The molecule has 4 heterocycles. The van der Waals surface area contributed by atoms with Gasteiger partial charge in [0.1, 0.15) is 6.04 Å². The van der Waals surface area contributed by atoms with Crippen molar-refractivity contribution in [3.63, 3.8) is 0 Å². The van der Waals surface area contributed by atoms with E-state index in [2.05, 4.69) is 10.6 Å². The van der Waals surface area contributed by atoms with Gasteiger partial charge in [0.25, 0.3) is 11.8 Å². The van der Waals surface area contributed by atoms with Gasteiger partial charge >= 0.3 is 5.69 Å². The van der Waals surface area contributed by atoms with Crippen molar-refractivity contribution in [1.82, 2.24) is 34.4 Å². The summed E-state index contributed by atoms with van der Waals surface area (Å²) in [5, 5.41) is 19.8. The number of imidazole rings is 1. The Hall–Kier alpha value is -5.58. The van der Waals surface area contributed by atoms with Gasteiger partial charge in [0.15, 0.2) is 17.4 Å². The third kappa shape index (κ3) is 7.96. The number of amides is 3. The first-order chi connectivity index (χ1) is 28.2. The zero-order chi connectivity index (χ0) is 41.7. The maximum Gasteiger partial charge on any atom is 0.329 e. The minimum absolute atomic E-state index is 0.0580. The average molecular weight is 822 g/mol. The Balaban J connectivity index is 0.832. The van der Waals surface area contributed by atoms with Gasteiger partial charge < -0.3 is 10.4 Å². The molecule has 8 rings (SSSR count). The number of imide groups is 1. The topological polar surface area (TPSA) is 143 Å². The van der Waals surface area contributed by atoms with Crippen molar-refractivity contribution in [2.75, 3.05) is 26.2 Å². The molecular formula is C42H44F5N7O5. The standard InChI is InChI=1S/C42H44F5N7O5/c1-51-34-18-23(5-9-32(34)54(41(51)59)33-10-11-35(55)49-40(33)58)12-14-52-15-13-27(42(46,47)22-52)16-25-2-6-26-21-53(50-31(26)17-25)28-7-3-24(4-8-28)20-48-39(57)29-19-30(43)38(56)37(45)36(29)44/h2,5-6,9,17-19,21,24,27-28,33,56H,3-4,7-8,10-16,20,22H2,1H3,(H,48,57)(H,49,55,58)/t24?,27-,28?,33+/m0/s1. The van der Waals surface area contributed by atoms with Gasteiger partial charge in [-0.05, 0) is 99.2 Å². The highest BCUT2D eigenvalue weighted by molar-refractivity contribution is 6.00. The van der Waals surface area contributed by atoms with E-state index in [4.69, 9.17) is 5.10 Å². The molecule has 0 spiro atoms. The zero-order valence-corrected chi connectivity index (χ0v) is 32.3. The number of rotatable bonds is 10. The van der Waals surface area contributed by atoms with Gasteiger partial charge in [-0.1, -0.05) is 18.2 Å². The van der Waals surface area contributed by atoms with E-state index in [1.54, 1.807) is 18.0 Å². The van der Waals surface area contributed by atoms with Crippen LogP contribution in [-0.4, -0.2) is 78.7 Å². The lowest BCUT2D eigenvalue weighted by Crippen LogP contribution is -2.49. The van der Waals surface area contributed by atoms with Crippen LogP contribution < -0.4 is 16.3 Å². The van der Waals surface area contributed by atoms with E-state index in [0.717, 1.165) is 47.7 Å². The Morgan fingerprint density at radius 3 is 2.46 bits per heavy atom. The second-order valence-electron chi connectivity index (χ2n) is 16.2. The van der Waals surface area contributed by atoms with Gasteiger partial charge in [0, 0.05) is 44.1 Å². The monoisotopic (exact) mass is 821 g/mol. The van der Waals surface area contributed by atoms with E-state index in [9.17, 15) is 37.5 Å². The summed E-state index contributed by atoms with van der Waals surface area (Å²) in [5.74, 6) is -11.9. The predicted molar refractivity (Wildman–Crippen MR) is 207 cm³/mol. The number of aryl methyl sites for hydroxylation is 1. The van der Waals surface area contributed by atoms with E-state index in [-0.39, 0.29) is 55.9 Å². The fraction of sp³-hybridized carbons (Fsp3) is 0.452. The van der Waals surface area contributed by atoms with E-state index >= 15 is 8.78 Å². The Kier molecular flexibility index (Phi) is 10.8. The molecule has 312 valence electrons. The second-order valence-corrected chi connectivity index (χ2v) is 16.2. The Morgan fingerprint density at radius 2 is 1.71 bits per heavy atom. The zero-order valence-electron chi connectivity index (χ0n) is 32.3. The Labute approximate surface area is 335 Å². The number of likely N-dealkylation sites (tertiary alicyclic amines) is 1. The number of nitrogens with zero attached hydrogens (tertiary/aromatic N) is 5. The number of halogens is 5. The van der Waals surface area contributed by atoms with Gasteiger partial charge in [-0.3, -0.25) is 38.4 Å².